The summed E-state index contributed by atoms with van der Waals surface area (Å²) in [6, 6.07) is 12.3. The van der Waals surface area contributed by atoms with E-state index < -0.39 is 22.5 Å². The number of amides is 2. The maximum Gasteiger partial charge on any atom is 0.245 e. The van der Waals surface area contributed by atoms with Crippen molar-refractivity contribution in [3.63, 3.8) is 0 Å². The van der Waals surface area contributed by atoms with E-state index in [1.165, 1.54) is 12.1 Å². The topological polar surface area (TPSA) is 102 Å². The van der Waals surface area contributed by atoms with E-state index in [0.29, 0.717) is 36.0 Å². The van der Waals surface area contributed by atoms with E-state index in [0.717, 1.165) is 55.3 Å². The van der Waals surface area contributed by atoms with Crippen molar-refractivity contribution in [2.24, 2.45) is 5.92 Å². The van der Waals surface area contributed by atoms with Crippen LogP contribution in [0.25, 0.3) is 0 Å². The van der Waals surface area contributed by atoms with Crippen LogP contribution >= 0.6 is 23.2 Å². The largest absolute Gasteiger partial charge is 0.376 e. The van der Waals surface area contributed by atoms with Gasteiger partial charge >= 0.3 is 0 Å². The van der Waals surface area contributed by atoms with Gasteiger partial charge in [0, 0.05) is 37.7 Å². The van der Waals surface area contributed by atoms with Gasteiger partial charge in [-0.1, -0.05) is 59.6 Å². The van der Waals surface area contributed by atoms with Crippen LogP contribution in [0.3, 0.4) is 0 Å². The first-order valence-electron chi connectivity index (χ1n) is 14.8. The van der Waals surface area contributed by atoms with Crippen LogP contribution in [0.5, 0.6) is 0 Å². The van der Waals surface area contributed by atoms with Crippen LogP contribution in [0, 0.1) is 12.8 Å². The summed E-state index contributed by atoms with van der Waals surface area (Å²) in [4.78, 5) is 30.4. The molecule has 2 aliphatic rings. The van der Waals surface area contributed by atoms with Crippen molar-refractivity contribution in [2.45, 2.75) is 37.5 Å². The molecule has 0 spiro atoms. The Labute approximate surface area is 265 Å². The Morgan fingerprint density at radius 1 is 1.07 bits per heavy atom. The summed E-state index contributed by atoms with van der Waals surface area (Å²) in [6.07, 6.45) is 7.58. The number of carbonyl (C=O) groups is 2. The first kappa shape index (κ1) is 33.3. The van der Waals surface area contributed by atoms with Gasteiger partial charge in [-0.05, 0) is 81.1 Å². The summed E-state index contributed by atoms with van der Waals surface area (Å²) in [6.45, 7) is 5.79. The minimum atomic E-state index is -4.16. The number of nitrogens with one attached hydrogen (secondary N) is 2. The average Bonchev–Trinajstić information content (AvgIpc) is 3.53. The van der Waals surface area contributed by atoms with Crippen molar-refractivity contribution >= 4 is 45.0 Å². The quantitative estimate of drug-likeness (QED) is 0.324. The third-order valence-corrected chi connectivity index (χ3v) is 10.9. The maximum atomic E-state index is 13.8. The van der Waals surface area contributed by atoms with Gasteiger partial charge in [-0.2, -0.15) is 4.31 Å². The number of benzene rings is 2. The van der Waals surface area contributed by atoms with Crippen LogP contribution in [0.15, 0.2) is 59.6 Å². The number of carbonyl (C=O) groups excluding carboxylic acids is 2. The molecule has 2 aromatic carbocycles. The van der Waals surface area contributed by atoms with Gasteiger partial charge in [0.2, 0.25) is 21.8 Å². The lowest BCUT2D eigenvalue weighted by atomic mass is 9.97. The van der Waals surface area contributed by atoms with E-state index >= 15 is 0 Å². The fourth-order valence-electron chi connectivity index (χ4n) is 5.33. The van der Waals surface area contributed by atoms with Crippen LogP contribution in [0.4, 0.5) is 0 Å². The fraction of sp³-hybridized carbons (Fsp3) is 0.484. The van der Waals surface area contributed by atoms with Gasteiger partial charge in [-0.3, -0.25) is 9.59 Å². The van der Waals surface area contributed by atoms with Crippen LogP contribution in [0.1, 0.15) is 30.4 Å². The highest BCUT2D eigenvalue weighted by Gasteiger charge is 2.30. The molecule has 0 atom stereocenters. The zero-order valence-electron chi connectivity index (χ0n) is 24.6. The average molecular weight is 651 g/mol. The number of hydrogen-bond donors (Lipinski definition) is 2. The number of sulfonamides is 1. The molecule has 0 radical (unpaired) electrons. The highest BCUT2D eigenvalue weighted by molar-refractivity contribution is 7.89. The summed E-state index contributed by atoms with van der Waals surface area (Å²) in [5.41, 5.74) is 1.37. The number of rotatable bonds is 14. The van der Waals surface area contributed by atoms with Gasteiger partial charge in [-0.15, -0.1) is 0 Å². The summed E-state index contributed by atoms with van der Waals surface area (Å²) < 4.78 is 28.7. The van der Waals surface area contributed by atoms with Crippen LogP contribution in [-0.2, 0) is 26.0 Å². The Kier molecular flexibility index (Phi) is 12.3. The lowest BCUT2D eigenvalue weighted by Crippen LogP contribution is -2.48. The highest BCUT2D eigenvalue weighted by atomic mass is 35.5. The number of nitrogens with zero attached hydrogens (tertiary/aromatic N) is 3. The van der Waals surface area contributed by atoms with Crippen LogP contribution in [-0.4, -0.2) is 93.2 Å². The molecule has 43 heavy (non-hydrogen) atoms. The normalized spacial score (nSPS) is 15.7. The summed E-state index contributed by atoms with van der Waals surface area (Å²) in [5.74, 6) is -0.331. The lowest BCUT2D eigenvalue weighted by molar-refractivity contribution is -0.133. The van der Waals surface area contributed by atoms with E-state index in [2.05, 4.69) is 27.8 Å². The minimum absolute atomic E-state index is 0.0224. The second-order valence-corrected chi connectivity index (χ2v) is 13.8. The Balaban J connectivity index is 1.43. The summed E-state index contributed by atoms with van der Waals surface area (Å²) in [5, 5.41) is 6.42. The molecule has 0 bridgehead atoms. The molecule has 0 aromatic heterocycles. The van der Waals surface area contributed by atoms with Crippen LogP contribution < -0.4 is 10.6 Å². The van der Waals surface area contributed by atoms with Gasteiger partial charge in [-0.25, -0.2) is 8.42 Å². The predicted octanol–water partition coefficient (Wildman–Crippen LogP) is 3.70. The summed E-state index contributed by atoms with van der Waals surface area (Å²) in [7, 11) is -4.16. The third kappa shape index (κ3) is 9.43. The first-order chi connectivity index (χ1) is 20.6. The molecule has 9 nitrogen and oxygen atoms in total. The molecule has 2 amide bonds. The lowest BCUT2D eigenvalue weighted by Gasteiger charge is -2.31. The van der Waals surface area contributed by atoms with Crippen molar-refractivity contribution in [3.05, 3.63) is 75.9 Å². The monoisotopic (exact) mass is 649 g/mol. The molecule has 0 unspecified atom stereocenters. The van der Waals surface area contributed by atoms with Gasteiger partial charge in [0.25, 0.3) is 0 Å². The van der Waals surface area contributed by atoms with Crippen molar-refractivity contribution < 1.29 is 18.0 Å². The van der Waals surface area contributed by atoms with Crippen molar-refractivity contribution in [1.82, 2.24) is 24.7 Å². The molecule has 2 aromatic rings. The SMILES string of the molecule is Cc1c(Cl)ccc(S(=O)(=O)N(CCc2ccccc2)CC(=O)NCC(=O)N(CCN2C=CCC2)CC2CCNCC2)c1Cl. The van der Waals surface area contributed by atoms with Gasteiger partial charge < -0.3 is 20.4 Å². The molecule has 234 valence electrons. The minimum Gasteiger partial charge on any atom is -0.376 e. The zero-order valence-corrected chi connectivity index (χ0v) is 26.9. The van der Waals surface area contributed by atoms with E-state index in [-0.39, 0.29) is 28.9 Å². The molecule has 2 aliphatic heterocycles. The highest BCUT2D eigenvalue weighted by Crippen LogP contribution is 2.32. The number of halogens is 2. The molecular weight excluding hydrogens is 609 g/mol. The molecule has 2 N–H and O–H groups in total. The molecule has 0 saturated carbocycles. The molecule has 0 aliphatic carbocycles. The van der Waals surface area contributed by atoms with E-state index in [4.69, 9.17) is 23.2 Å². The molecular formula is C31H41Cl2N5O4S. The Morgan fingerprint density at radius 3 is 2.51 bits per heavy atom. The molecule has 1 saturated heterocycles. The van der Waals surface area contributed by atoms with E-state index in [9.17, 15) is 18.0 Å². The van der Waals surface area contributed by atoms with Gasteiger partial charge in [0.15, 0.2) is 0 Å². The predicted molar refractivity (Wildman–Crippen MR) is 171 cm³/mol. The van der Waals surface area contributed by atoms with E-state index in [1.807, 2.05) is 35.2 Å². The smallest absolute Gasteiger partial charge is 0.245 e. The second-order valence-electron chi connectivity index (χ2n) is 11.1. The third-order valence-electron chi connectivity index (χ3n) is 8.00. The van der Waals surface area contributed by atoms with Gasteiger partial charge in [0.05, 0.1) is 18.1 Å². The van der Waals surface area contributed by atoms with Crippen molar-refractivity contribution in [1.29, 1.82) is 0 Å². The van der Waals surface area contributed by atoms with Crippen molar-refractivity contribution in [2.75, 3.05) is 58.9 Å². The molecule has 4 rings (SSSR count). The number of hydrogen-bond acceptors (Lipinski definition) is 6. The standard InChI is InChI=1S/C31H41Cl2N5O4S/c1-24-27(32)9-10-28(31(24)33)43(41,42)38(18-13-25-7-3-2-4-8-25)23-29(39)35-21-30(40)37(20-19-36-16-5-6-17-36)22-26-11-14-34-15-12-26/h2-5,7-10,16,26,34H,6,11-15,17-23H2,1H3,(H,35,39). The zero-order chi connectivity index (χ0) is 30.8. The molecule has 1 fully saturated rings. The Morgan fingerprint density at radius 2 is 1.81 bits per heavy atom. The fourth-order valence-corrected chi connectivity index (χ4v) is 7.51. The van der Waals surface area contributed by atoms with E-state index in [1.54, 1.807) is 6.92 Å². The Hall–Kier alpha value is -2.63. The number of piperidine rings is 1. The Bertz CT molecular complexity index is 1380. The molecule has 12 heteroatoms. The van der Waals surface area contributed by atoms with Crippen LogP contribution in [0.2, 0.25) is 10.0 Å². The maximum absolute atomic E-state index is 13.8. The van der Waals surface area contributed by atoms with Crippen molar-refractivity contribution in [3.8, 4) is 0 Å². The second kappa shape index (κ2) is 15.9. The molecule has 2 heterocycles. The first-order valence-corrected chi connectivity index (χ1v) is 17.0. The summed E-state index contributed by atoms with van der Waals surface area (Å²) >= 11 is 12.6. The van der Waals surface area contributed by atoms with Gasteiger partial charge in [0.1, 0.15) is 4.90 Å².